The molecule has 23 heavy (non-hydrogen) atoms. The average molecular weight is 326 g/mol. The fourth-order valence-electron chi connectivity index (χ4n) is 1.97. The number of amides is 2. The van der Waals surface area contributed by atoms with Crippen molar-refractivity contribution in [2.45, 2.75) is 13.0 Å². The van der Waals surface area contributed by atoms with Gasteiger partial charge in [-0.05, 0) is 36.8 Å². The first-order chi connectivity index (χ1) is 10.8. The molecular weight excluding hydrogens is 312 g/mol. The standard InChI is InChI=1S/C16H14F4N2O/c1-9(10-3-5-12(18)13(19)7-10)22(2)16(23)21-15-6-4-11(17)8-14(15)20/h3-9H,1-2H3,(H,21,23). The average Bonchev–Trinajstić information content (AvgIpc) is 2.51. The fourth-order valence-corrected chi connectivity index (χ4v) is 1.97. The Kier molecular flexibility index (Phi) is 4.88. The van der Waals surface area contributed by atoms with Gasteiger partial charge >= 0.3 is 6.03 Å². The molecule has 1 atom stereocenters. The lowest BCUT2D eigenvalue weighted by molar-refractivity contribution is 0.208. The molecule has 3 nitrogen and oxygen atoms in total. The summed E-state index contributed by atoms with van der Waals surface area (Å²) in [6, 6.07) is 4.80. The lowest BCUT2D eigenvalue weighted by Crippen LogP contribution is -2.34. The molecule has 2 aromatic carbocycles. The predicted molar refractivity (Wildman–Crippen MR) is 77.9 cm³/mol. The molecule has 0 aromatic heterocycles. The first kappa shape index (κ1) is 16.8. The Bertz CT molecular complexity index is 736. The van der Waals surface area contributed by atoms with E-state index in [1.54, 1.807) is 6.92 Å². The van der Waals surface area contributed by atoms with Gasteiger partial charge in [0.1, 0.15) is 11.6 Å². The van der Waals surface area contributed by atoms with E-state index in [-0.39, 0.29) is 5.69 Å². The Morgan fingerprint density at radius 2 is 1.70 bits per heavy atom. The molecule has 2 aromatic rings. The molecule has 2 rings (SSSR count). The van der Waals surface area contributed by atoms with Crippen LogP contribution >= 0.6 is 0 Å². The van der Waals surface area contributed by atoms with E-state index >= 15 is 0 Å². The first-order valence-electron chi connectivity index (χ1n) is 6.73. The summed E-state index contributed by atoms with van der Waals surface area (Å²) < 4.78 is 52.6. The Morgan fingerprint density at radius 3 is 2.30 bits per heavy atom. The van der Waals surface area contributed by atoms with Crippen molar-refractivity contribution in [1.82, 2.24) is 4.90 Å². The van der Waals surface area contributed by atoms with Crippen molar-refractivity contribution >= 4 is 11.7 Å². The highest BCUT2D eigenvalue weighted by Crippen LogP contribution is 2.22. The highest BCUT2D eigenvalue weighted by Gasteiger charge is 2.19. The number of halogens is 4. The van der Waals surface area contributed by atoms with Gasteiger partial charge in [0.15, 0.2) is 11.6 Å². The Morgan fingerprint density at radius 1 is 1.00 bits per heavy atom. The zero-order valence-corrected chi connectivity index (χ0v) is 12.4. The van der Waals surface area contributed by atoms with Crippen molar-refractivity contribution in [3.05, 3.63) is 65.2 Å². The van der Waals surface area contributed by atoms with Crippen molar-refractivity contribution in [2.24, 2.45) is 0 Å². The van der Waals surface area contributed by atoms with Gasteiger partial charge in [0, 0.05) is 13.1 Å². The van der Waals surface area contributed by atoms with Gasteiger partial charge in [-0.15, -0.1) is 0 Å². The lowest BCUT2D eigenvalue weighted by Gasteiger charge is -2.25. The van der Waals surface area contributed by atoms with Crippen LogP contribution in [0.1, 0.15) is 18.5 Å². The molecule has 0 aliphatic heterocycles. The highest BCUT2D eigenvalue weighted by molar-refractivity contribution is 5.89. The summed E-state index contributed by atoms with van der Waals surface area (Å²) in [5, 5.41) is 2.29. The number of carbonyl (C=O) groups is 1. The molecule has 0 aliphatic carbocycles. The first-order valence-corrected chi connectivity index (χ1v) is 6.73. The van der Waals surface area contributed by atoms with Gasteiger partial charge in [-0.2, -0.15) is 0 Å². The third-order valence-electron chi connectivity index (χ3n) is 3.50. The van der Waals surface area contributed by atoms with Gasteiger partial charge in [-0.25, -0.2) is 22.4 Å². The minimum absolute atomic E-state index is 0.180. The smallest absolute Gasteiger partial charge is 0.321 e. The summed E-state index contributed by atoms with van der Waals surface area (Å²) in [5.74, 6) is -3.68. The fraction of sp³-hybridized carbons (Fsp3) is 0.188. The SMILES string of the molecule is CC(c1ccc(F)c(F)c1)N(C)C(=O)Nc1ccc(F)cc1F. The van der Waals surface area contributed by atoms with E-state index in [4.69, 9.17) is 0 Å². The van der Waals surface area contributed by atoms with Gasteiger partial charge in [0.25, 0.3) is 0 Å². The van der Waals surface area contributed by atoms with Crippen molar-refractivity contribution in [3.63, 3.8) is 0 Å². The quantitative estimate of drug-likeness (QED) is 0.830. The maximum Gasteiger partial charge on any atom is 0.322 e. The molecule has 0 bridgehead atoms. The molecule has 0 radical (unpaired) electrons. The highest BCUT2D eigenvalue weighted by atomic mass is 19.2. The molecule has 2 amide bonds. The second-order valence-electron chi connectivity index (χ2n) is 5.01. The summed E-state index contributed by atoms with van der Waals surface area (Å²) >= 11 is 0. The van der Waals surface area contributed by atoms with Crippen LogP contribution in [0.3, 0.4) is 0 Å². The largest absolute Gasteiger partial charge is 0.322 e. The number of nitrogens with one attached hydrogen (secondary N) is 1. The molecule has 1 N–H and O–H groups in total. The molecule has 0 aliphatic rings. The van der Waals surface area contributed by atoms with Crippen molar-refractivity contribution in [3.8, 4) is 0 Å². The van der Waals surface area contributed by atoms with Gasteiger partial charge in [0.2, 0.25) is 0 Å². The zero-order chi connectivity index (χ0) is 17.1. The third kappa shape index (κ3) is 3.80. The van der Waals surface area contributed by atoms with Gasteiger partial charge < -0.3 is 10.2 Å². The number of anilines is 1. The predicted octanol–water partition coefficient (Wildman–Crippen LogP) is 4.47. The monoisotopic (exact) mass is 326 g/mol. The van der Waals surface area contributed by atoms with E-state index in [2.05, 4.69) is 5.32 Å². The Balaban J connectivity index is 2.13. The van der Waals surface area contributed by atoms with Crippen LogP contribution in [0.5, 0.6) is 0 Å². The van der Waals surface area contributed by atoms with Crippen LogP contribution in [0, 0.1) is 23.3 Å². The zero-order valence-electron chi connectivity index (χ0n) is 12.4. The summed E-state index contributed by atoms with van der Waals surface area (Å²) in [6.07, 6.45) is 0. The number of benzene rings is 2. The minimum Gasteiger partial charge on any atom is -0.321 e. The third-order valence-corrected chi connectivity index (χ3v) is 3.50. The van der Waals surface area contributed by atoms with E-state index in [1.165, 1.54) is 18.0 Å². The number of hydrogen-bond donors (Lipinski definition) is 1. The van der Waals surface area contributed by atoms with Crippen molar-refractivity contribution in [1.29, 1.82) is 0 Å². The number of hydrogen-bond acceptors (Lipinski definition) is 1. The lowest BCUT2D eigenvalue weighted by atomic mass is 10.1. The minimum atomic E-state index is -1.02. The molecule has 0 fully saturated rings. The summed E-state index contributed by atoms with van der Waals surface area (Å²) in [6.45, 7) is 1.60. The Labute approximate surface area is 130 Å². The van der Waals surface area contributed by atoms with Crippen LogP contribution < -0.4 is 5.32 Å². The Hall–Kier alpha value is -2.57. The van der Waals surface area contributed by atoms with Crippen LogP contribution in [-0.4, -0.2) is 18.0 Å². The van der Waals surface area contributed by atoms with Crippen LogP contribution in [0.25, 0.3) is 0 Å². The van der Waals surface area contributed by atoms with E-state index in [9.17, 15) is 22.4 Å². The molecular formula is C16H14F4N2O. The molecule has 1 unspecified atom stereocenters. The molecule has 0 saturated heterocycles. The van der Waals surface area contributed by atoms with Crippen molar-refractivity contribution in [2.75, 3.05) is 12.4 Å². The summed E-state index contributed by atoms with van der Waals surface area (Å²) in [5.41, 5.74) is 0.196. The topological polar surface area (TPSA) is 32.3 Å². The summed E-state index contributed by atoms with van der Waals surface area (Å²) in [7, 11) is 1.42. The normalized spacial score (nSPS) is 11.9. The maximum absolute atomic E-state index is 13.5. The van der Waals surface area contributed by atoms with Gasteiger partial charge in [0.05, 0.1) is 11.7 Å². The second-order valence-corrected chi connectivity index (χ2v) is 5.01. The van der Waals surface area contributed by atoms with Crippen LogP contribution in [-0.2, 0) is 0 Å². The van der Waals surface area contributed by atoms with Gasteiger partial charge in [-0.1, -0.05) is 6.07 Å². The number of urea groups is 1. The van der Waals surface area contributed by atoms with E-state index in [0.29, 0.717) is 11.6 Å². The van der Waals surface area contributed by atoms with Crippen LogP contribution in [0.15, 0.2) is 36.4 Å². The molecule has 0 saturated carbocycles. The van der Waals surface area contributed by atoms with E-state index in [0.717, 1.165) is 24.3 Å². The molecule has 7 heteroatoms. The summed E-state index contributed by atoms with van der Waals surface area (Å²) in [4.78, 5) is 13.3. The number of carbonyl (C=O) groups excluding carboxylic acids is 1. The number of rotatable bonds is 3. The molecule has 0 spiro atoms. The van der Waals surface area contributed by atoms with E-state index < -0.39 is 35.3 Å². The molecule has 122 valence electrons. The molecule has 0 heterocycles. The van der Waals surface area contributed by atoms with Crippen LogP contribution in [0.2, 0.25) is 0 Å². The maximum atomic E-state index is 13.5. The van der Waals surface area contributed by atoms with Gasteiger partial charge in [-0.3, -0.25) is 0 Å². The number of nitrogens with zero attached hydrogens (tertiary/aromatic N) is 1. The van der Waals surface area contributed by atoms with Crippen molar-refractivity contribution < 1.29 is 22.4 Å². The second kappa shape index (κ2) is 6.68. The van der Waals surface area contributed by atoms with E-state index in [1.807, 2.05) is 0 Å². The van der Waals surface area contributed by atoms with Crippen LogP contribution in [0.4, 0.5) is 28.0 Å².